The topological polar surface area (TPSA) is 70.1 Å². The summed E-state index contributed by atoms with van der Waals surface area (Å²) in [6.45, 7) is 8.94. The zero-order valence-electron chi connectivity index (χ0n) is 19.3. The lowest BCUT2D eigenvalue weighted by atomic mass is 10.1. The van der Waals surface area contributed by atoms with E-state index < -0.39 is 10.0 Å². The average molecular weight is 454 g/mol. The molecule has 172 valence electrons. The maximum Gasteiger partial charge on any atom is 0.258 e. The van der Waals surface area contributed by atoms with E-state index in [0.717, 1.165) is 42.5 Å². The second-order valence-electron chi connectivity index (χ2n) is 8.44. The molecular weight excluding hydrogens is 418 g/mol. The molecule has 7 heteroatoms. The number of likely N-dealkylation sites (tertiary alicyclic amines) is 1. The fourth-order valence-corrected chi connectivity index (χ4v) is 7.49. The molecule has 6 nitrogen and oxygen atoms in total. The lowest BCUT2D eigenvalue weighted by Crippen LogP contribution is -2.31. The summed E-state index contributed by atoms with van der Waals surface area (Å²) < 4.78 is 0. The molecule has 1 amide bonds. The van der Waals surface area contributed by atoms with Crippen LogP contribution in [0, 0.1) is 0 Å². The molecule has 3 heterocycles. The molecule has 2 aliphatic heterocycles. The molecule has 0 saturated carbocycles. The molecule has 4 rings (SSSR count). The number of rotatable bonds is 9. The Hall–Kier alpha value is -2.38. The van der Waals surface area contributed by atoms with Gasteiger partial charge in [0.05, 0.1) is 10.6 Å². The van der Waals surface area contributed by atoms with Crippen LogP contribution in [0.1, 0.15) is 55.6 Å². The van der Waals surface area contributed by atoms with Crippen molar-refractivity contribution in [3.05, 3.63) is 47.0 Å². The Bertz CT molecular complexity index is 952. The van der Waals surface area contributed by atoms with Crippen LogP contribution in [0.2, 0.25) is 0 Å². The fraction of sp³-hybridized carbons (Fsp3) is 0.480. The van der Waals surface area contributed by atoms with Crippen LogP contribution in [0.5, 0.6) is 0 Å². The number of nitrogens with zero attached hydrogens (tertiary/aromatic N) is 3. The molecule has 2 aliphatic rings. The molecule has 32 heavy (non-hydrogen) atoms. The number of hydrogen-bond acceptors (Lipinski definition) is 5. The van der Waals surface area contributed by atoms with Gasteiger partial charge in [0.1, 0.15) is 5.82 Å². The number of piperidine rings is 1. The largest absolute Gasteiger partial charge is 0.369 e. The molecule has 1 aromatic heterocycles. The number of anilines is 2. The molecule has 2 aromatic rings. The summed E-state index contributed by atoms with van der Waals surface area (Å²) in [4.78, 5) is 26.0. The van der Waals surface area contributed by atoms with Crippen LogP contribution in [0.15, 0.2) is 40.6 Å². The number of carbonyl (C=O) groups excluding carboxylic acids is 1. The van der Waals surface area contributed by atoms with Crippen LogP contribution in [0.4, 0.5) is 11.8 Å². The predicted molar refractivity (Wildman–Crippen MR) is 136 cm³/mol. The number of aromatic nitrogens is 2. The summed E-state index contributed by atoms with van der Waals surface area (Å²) in [7, 11) is -1.07. The molecule has 1 saturated heterocycles. The zero-order valence-corrected chi connectivity index (χ0v) is 20.1. The highest BCUT2D eigenvalue weighted by Crippen LogP contribution is 2.63. The molecule has 0 radical (unpaired) electrons. The fourth-order valence-electron chi connectivity index (χ4n) is 4.56. The summed E-state index contributed by atoms with van der Waals surface area (Å²) in [6, 6.07) is 9.21. The predicted octanol–water partition coefficient (Wildman–Crippen LogP) is 5.20. The van der Waals surface area contributed by atoms with Crippen LogP contribution in [0.3, 0.4) is 0 Å². The van der Waals surface area contributed by atoms with Crippen molar-refractivity contribution in [1.29, 1.82) is 0 Å². The van der Waals surface area contributed by atoms with Crippen molar-refractivity contribution in [2.45, 2.75) is 44.4 Å². The van der Waals surface area contributed by atoms with E-state index in [4.69, 9.17) is 9.97 Å². The summed E-state index contributed by atoms with van der Waals surface area (Å²) in [5.41, 5.74) is 1.55. The van der Waals surface area contributed by atoms with E-state index >= 15 is 0 Å². The van der Waals surface area contributed by atoms with Crippen molar-refractivity contribution in [1.82, 2.24) is 14.9 Å². The zero-order chi connectivity index (χ0) is 22.4. The van der Waals surface area contributed by atoms with Gasteiger partial charge in [-0.15, -0.1) is 0 Å². The highest BCUT2D eigenvalue weighted by molar-refractivity contribution is 8.36. The first-order valence-electron chi connectivity index (χ1n) is 11.9. The van der Waals surface area contributed by atoms with Gasteiger partial charge in [0.15, 0.2) is 0 Å². The second-order valence-corrected chi connectivity index (χ2v) is 12.2. The third-order valence-corrected chi connectivity index (χ3v) is 10.4. The van der Waals surface area contributed by atoms with Crippen LogP contribution in [0.25, 0.3) is 6.08 Å². The number of amides is 1. The van der Waals surface area contributed by atoms with Gasteiger partial charge in [0.25, 0.3) is 5.91 Å². The quantitative estimate of drug-likeness (QED) is 0.511. The Labute approximate surface area is 193 Å². The van der Waals surface area contributed by atoms with E-state index in [2.05, 4.69) is 40.9 Å². The lowest BCUT2D eigenvalue weighted by Gasteiger charge is -2.34. The van der Waals surface area contributed by atoms with Crippen molar-refractivity contribution in [3.63, 3.8) is 0 Å². The van der Waals surface area contributed by atoms with Gasteiger partial charge in [-0.05, 0) is 74.0 Å². The van der Waals surface area contributed by atoms with Gasteiger partial charge in [0.2, 0.25) is 5.95 Å². The molecule has 0 aliphatic carbocycles. The Kier molecular flexibility index (Phi) is 7.48. The number of nitrogens with one attached hydrogen (secondary N) is 2. The van der Waals surface area contributed by atoms with Crippen LogP contribution in [-0.4, -0.2) is 58.5 Å². The summed E-state index contributed by atoms with van der Waals surface area (Å²) >= 11 is 0. The Morgan fingerprint density at radius 3 is 2.53 bits per heavy atom. The second kappa shape index (κ2) is 10.5. The molecule has 0 unspecified atom stereocenters. The highest BCUT2D eigenvalue weighted by Gasteiger charge is 2.32. The number of fused-ring (bicyclic) bond motifs is 1. The SMILES string of the molecule is CCS1(CC)C=Cc2nc(NC(=O)c3ccccc3)nc(NCCCN3CCCCC3)c21. The summed E-state index contributed by atoms with van der Waals surface area (Å²) in [5, 5.41) is 8.85. The van der Waals surface area contributed by atoms with E-state index in [0.29, 0.717) is 11.5 Å². The minimum Gasteiger partial charge on any atom is -0.369 e. The Balaban J connectivity index is 1.52. The van der Waals surface area contributed by atoms with Gasteiger partial charge in [-0.2, -0.15) is 15.0 Å². The molecular formula is C25H35N5OS. The third kappa shape index (κ3) is 4.99. The lowest BCUT2D eigenvalue weighted by molar-refractivity contribution is 0.102. The van der Waals surface area contributed by atoms with Gasteiger partial charge in [-0.1, -0.05) is 38.5 Å². The Morgan fingerprint density at radius 1 is 1.06 bits per heavy atom. The van der Waals surface area contributed by atoms with Crippen LogP contribution in [-0.2, 0) is 0 Å². The van der Waals surface area contributed by atoms with Gasteiger partial charge in [-0.3, -0.25) is 10.1 Å². The van der Waals surface area contributed by atoms with E-state index in [-0.39, 0.29) is 5.91 Å². The van der Waals surface area contributed by atoms with Crippen LogP contribution >= 0.6 is 10.0 Å². The van der Waals surface area contributed by atoms with Crippen molar-refractivity contribution < 1.29 is 4.79 Å². The van der Waals surface area contributed by atoms with Crippen molar-refractivity contribution in [3.8, 4) is 0 Å². The van der Waals surface area contributed by atoms with E-state index in [1.165, 1.54) is 37.2 Å². The van der Waals surface area contributed by atoms with Crippen molar-refractivity contribution >= 4 is 33.8 Å². The van der Waals surface area contributed by atoms with Crippen LogP contribution < -0.4 is 10.6 Å². The van der Waals surface area contributed by atoms with Gasteiger partial charge in [-0.25, -0.2) is 4.98 Å². The molecule has 0 atom stereocenters. The average Bonchev–Trinajstić information content (AvgIpc) is 3.22. The van der Waals surface area contributed by atoms with Gasteiger partial charge < -0.3 is 10.2 Å². The highest BCUT2D eigenvalue weighted by atomic mass is 32.3. The van der Waals surface area contributed by atoms with E-state index in [9.17, 15) is 4.79 Å². The first kappa shape index (κ1) is 22.8. The number of carbonyl (C=O) groups is 1. The summed E-state index contributed by atoms with van der Waals surface area (Å²) in [5.74, 6) is 3.22. The first-order chi connectivity index (χ1) is 15.6. The summed E-state index contributed by atoms with van der Waals surface area (Å²) in [6.07, 6.45) is 7.21. The number of hydrogen-bond donors (Lipinski definition) is 2. The van der Waals surface area contributed by atoms with Gasteiger partial charge in [0, 0.05) is 12.1 Å². The molecule has 1 fully saturated rings. The van der Waals surface area contributed by atoms with Crippen molar-refractivity contribution in [2.24, 2.45) is 0 Å². The normalized spacial score (nSPS) is 18.2. The maximum absolute atomic E-state index is 12.7. The monoisotopic (exact) mass is 453 g/mol. The van der Waals surface area contributed by atoms with Crippen molar-refractivity contribution in [2.75, 3.05) is 48.3 Å². The molecule has 1 aromatic carbocycles. The Morgan fingerprint density at radius 2 is 1.81 bits per heavy atom. The molecule has 0 bridgehead atoms. The van der Waals surface area contributed by atoms with Gasteiger partial charge >= 0.3 is 0 Å². The first-order valence-corrected chi connectivity index (χ1v) is 13.9. The van der Waals surface area contributed by atoms with E-state index in [1.54, 1.807) is 12.1 Å². The minimum atomic E-state index is -1.07. The molecule has 0 spiro atoms. The van der Waals surface area contributed by atoms with E-state index in [1.807, 2.05) is 18.2 Å². The maximum atomic E-state index is 12.7. The minimum absolute atomic E-state index is 0.187. The third-order valence-electron chi connectivity index (χ3n) is 6.47. The standard InChI is InChI=1S/C25H35N5OS/c1-3-32(4-2)19-14-21-22(32)23(26-15-11-18-30-16-9-6-10-17-30)28-25(27-21)29-24(31)20-12-7-5-8-13-20/h5,7-8,12-14,19H,3-4,6,9-11,15-18H2,1-2H3,(H2,26,27,28,29,31). The number of benzene rings is 1. The molecule has 2 N–H and O–H groups in total. The smallest absolute Gasteiger partial charge is 0.258 e.